The number of aromatic nitrogens is 1. The SMILES string of the molecule is CC(C)(Oc1ccc(Cl)cc1)C(=O)NCC1CCCN(c2nccs2)C1. The molecule has 1 unspecified atom stereocenters. The summed E-state index contributed by atoms with van der Waals surface area (Å²) in [6.45, 7) is 6.16. The summed E-state index contributed by atoms with van der Waals surface area (Å²) in [7, 11) is 0. The van der Waals surface area contributed by atoms with Gasteiger partial charge in [0.1, 0.15) is 5.75 Å². The van der Waals surface area contributed by atoms with Crippen LogP contribution >= 0.6 is 22.9 Å². The molecule has 1 fully saturated rings. The van der Waals surface area contributed by atoms with Crippen molar-refractivity contribution in [2.75, 3.05) is 24.5 Å². The average Bonchev–Trinajstić information content (AvgIpc) is 3.16. The zero-order chi connectivity index (χ0) is 18.6. The summed E-state index contributed by atoms with van der Waals surface area (Å²) in [5.74, 6) is 0.934. The number of piperidine rings is 1. The monoisotopic (exact) mass is 393 g/mol. The number of ether oxygens (including phenoxy) is 1. The van der Waals surface area contributed by atoms with Gasteiger partial charge in [-0.2, -0.15) is 0 Å². The lowest BCUT2D eigenvalue weighted by Gasteiger charge is -2.33. The summed E-state index contributed by atoms with van der Waals surface area (Å²) in [5.41, 5.74) is -0.947. The number of rotatable bonds is 6. The number of anilines is 1. The molecule has 26 heavy (non-hydrogen) atoms. The quantitative estimate of drug-likeness (QED) is 0.806. The number of benzene rings is 1. The molecule has 2 heterocycles. The summed E-state index contributed by atoms with van der Waals surface area (Å²) >= 11 is 7.55. The molecule has 1 amide bonds. The number of thiazole rings is 1. The molecule has 1 aromatic heterocycles. The lowest BCUT2D eigenvalue weighted by Crippen LogP contribution is -2.49. The minimum atomic E-state index is -0.947. The third kappa shape index (κ3) is 4.89. The van der Waals surface area contributed by atoms with Crippen molar-refractivity contribution < 1.29 is 9.53 Å². The number of hydrogen-bond donors (Lipinski definition) is 1. The number of carbonyl (C=O) groups excluding carboxylic acids is 1. The largest absolute Gasteiger partial charge is 0.478 e. The Morgan fingerprint density at radius 2 is 2.19 bits per heavy atom. The molecule has 1 atom stereocenters. The number of amides is 1. The summed E-state index contributed by atoms with van der Waals surface area (Å²) in [6, 6.07) is 7.04. The molecule has 1 aromatic carbocycles. The van der Waals surface area contributed by atoms with Crippen molar-refractivity contribution in [3.05, 3.63) is 40.9 Å². The third-order valence-corrected chi connectivity index (χ3v) is 5.58. The molecule has 0 saturated carbocycles. The van der Waals surface area contributed by atoms with Gasteiger partial charge >= 0.3 is 0 Å². The van der Waals surface area contributed by atoms with Crippen molar-refractivity contribution in [1.82, 2.24) is 10.3 Å². The number of nitrogens with one attached hydrogen (secondary N) is 1. The average molecular weight is 394 g/mol. The second-order valence-electron chi connectivity index (χ2n) is 7.05. The predicted octanol–water partition coefficient (Wildman–Crippen LogP) is 3.99. The second-order valence-corrected chi connectivity index (χ2v) is 8.35. The van der Waals surface area contributed by atoms with Crippen molar-refractivity contribution in [1.29, 1.82) is 0 Å². The van der Waals surface area contributed by atoms with Crippen LogP contribution in [0, 0.1) is 5.92 Å². The van der Waals surface area contributed by atoms with Crippen LogP contribution in [-0.4, -0.2) is 36.1 Å². The van der Waals surface area contributed by atoms with Crippen molar-refractivity contribution in [2.45, 2.75) is 32.3 Å². The van der Waals surface area contributed by atoms with Crippen molar-refractivity contribution >= 4 is 34.0 Å². The van der Waals surface area contributed by atoms with Crippen LogP contribution in [0.1, 0.15) is 26.7 Å². The van der Waals surface area contributed by atoms with Crippen LogP contribution in [0.4, 0.5) is 5.13 Å². The first-order valence-corrected chi connectivity index (χ1v) is 10.1. The smallest absolute Gasteiger partial charge is 0.263 e. The highest BCUT2D eigenvalue weighted by atomic mass is 35.5. The fraction of sp³-hybridized carbons (Fsp3) is 0.474. The van der Waals surface area contributed by atoms with Gasteiger partial charge in [0.2, 0.25) is 0 Å². The van der Waals surface area contributed by atoms with Crippen LogP contribution in [0.5, 0.6) is 5.75 Å². The summed E-state index contributed by atoms with van der Waals surface area (Å²) < 4.78 is 5.85. The van der Waals surface area contributed by atoms with E-state index in [9.17, 15) is 4.79 Å². The molecule has 2 aromatic rings. The topological polar surface area (TPSA) is 54.5 Å². The highest BCUT2D eigenvalue weighted by Gasteiger charge is 2.31. The van der Waals surface area contributed by atoms with Gasteiger partial charge < -0.3 is 15.0 Å². The second kappa shape index (κ2) is 8.27. The molecule has 1 saturated heterocycles. The maximum Gasteiger partial charge on any atom is 0.263 e. The molecule has 1 aliphatic rings. The number of carbonyl (C=O) groups is 1. The lowest BCUT2D eigenvalue weighted by molar-refractivity contribution is -0.134. The molecule has 3 rings (SSSR count). The van der Waals surface area contributed by atoms with Crippen LogP contribution in [0.25, 0.3) is 0 Å². The Labute approximate surface area is 163 Å². The fourth-order valence-electron chi connectivity index (χ4n) is 3.07. The first-order chi connectivity index (χ1) is 12.4. The van der Waals surface area contributed by atoms with E-state index in [1.54, 1.807) is 49.4 Å². The molecule has 1 aliphatic heterocycles. The van der Waals surface area contributed by atoms with E-state index < -0.39 is 5.60 Å². The zero-order valence-corrected chi connectivity index (χ0v) is 16.6. The Bertz CT molecular complexity index is 719. The maximum atomic E-state index is 12.6. The van der Waals surface area contributed by atoms with Gasteiger partial charge in [-0.1, -0.05) is 11.6 Å². The first kappa shape index (κ1) is 19.0. The molecular weight excluding hydrogens is 370 g/mol. The van der Waals surface area contributed by atoms with Gasteiger partial charge in [-0.15, -0.1) is 11.3 Å². The van der Waals surface area contributed by atoms with E-state index in [1.165, 1.54) is 0 Å². The van der Waals surface area contributed by atoms with Crippen LogP contribution in [0.2, 0.25) is 5.02 Å². The minimum absolute atomic E-state index is 0.112. The zero-order valence-electron chi connectivity index (χ0n) is 15.1. The lowest BCUT2D eigenvalue weighted by atomic mass is 9.98. The Hall–Kier alpha value is -1.79. The van der Waals surface area contributed by atoms with Gasteiger partial charge in [0.25, 0.3) is 5.91 Å². The van der Waals surface area contributed by atoms with E-state index in [-0.39, 0.29) is 5.91 Å². The minimum Gasteiger partial charge on any atom is -0.478 e. The molecule has 0 radical (unpaired) electrons. The molecular formula is C19H24ClN3O2S. The predicted molar refractivity (Wildman–Crippen MR) is 106 cm³/mol. The Kier molecular flexibility index (Phi) is 6.04. The molecule has 5 nitrogen and oxygen atoms in total. The third-order valence-electron chi connectivity index (χ3n) is 4.49. The van der Waals surface area contributed by atoms with Gasteiger partial charge in [-0.05, 0) is 56.9 Å². The standard InChI is InChI=1S/C19H24ClN3O2S/c1-19(2,25-16-7-5-15(20)6-8-16)17(24)22-12-14-4-3-10-23(13-14)18-21-9-11-26-18/h5-9,11,14H,3-4,10,12-13H2,1-2H3,(H,22,24). The van der Waals surface area contributed by atoms with Gasteiger partial charge in [-0.25, -0.2) is 4.98 Å². The number of hydrogen-bond acceptors (Lipinski definition) is 5. The van der Waals surface area contributed by atoms with E-state index in [0.29, 0.717) is 23.2 Å². The normalized spacial score (nSPS) is 17.8. The van der Waals surface area contributed by atoms with Crippen molar-refractivity contribution in [3.63, 3.8) is 0 Å². The van der Waals surface area contributed by atoms with E-state index >= 15 is 0 Å². The van der Waals surface area contributed by atoms with E-state index in [0.717, 1.165) is 31.1 Å². The van der Waals surface area contributed by atoms with Crippen LogP contribution in [-0.2, 0) is 4.79 Å². The molecule has 7 heteroatoms. The van der Waals surface area contributed by atoms with Crippen LogP contribution < -0.4 is 15.0 Å². The molecule has 1 N–H and O–H groups in total. The van der Waals surface area contributed by atoms with Gasteiger partial charge in [0.15, 0.2) is 10.7 Å². The van der Waals surface area contributed by atoms with E-state index in [1.807, 2.05) is 11.6 Å². The van der Waals surface area contributed by atoms with Gasteiger partial charge in [0, 0.05) is 36.2 Å². The van der Waals surface area contributed by atoms with E-state index in [4.69, 9.17) is 16.3 Å². The van der Waals surface area contributed by atoms with E-state index in [2.05, 4.69) is 15.2 Å². The molecule has 140 valence electrons. The summed E-state index contributed by atoms with van der Waals surface area (Å²) in [5, 5.41) is 6.76. The van der Waals surface area contributed by atoms with Gasteiger partial charge in [0.05, 0.1) is 0 Å². The molecule has 0 spiro atoms. The van der Waals surface area contributed by atoms with Crippen LogP contribution in [0.3, 0.4) is 0 Å². The Morgan fingerprint density at radius 3 is 2.88 bits per heavy atom. The van der Waals surface area contributed by atoms with Crippen molar-refractivity contribution in [3.8, 4) is 5.75 Å². The fourth-order valence-corrected chi connectivity index (χ4v) is 3.88. The summed E-state index contributed by atoms with van der Waals surface area (Å²) in [4.78, 5) is 19.3. The highest BCUT2D eigenvalue weighted by molar-refractivity contribution is 7.13. The molecule has 0 bridgehead atoms. The Balaban J connectivity index is 1.51. The number of nitrogens with zero attached hydrogens (tertiary/aromatic N) is 2. The maximum absolute atomic E-state index is 12.6. The van der Waals surface area contributed by atoms with Crippen LogP contribution in [0.15, 0.2) is 35.8 Å². The summed E-state index contributed by atoms with van der Waals surface area (Å²) in [6.07, 6.45) is 4.06. The van der Waals surface area contributed by atoms with Crippen molar-refractivity contribution in [2.24, 2.45) is 5.92 Å². The Morgan fingerprint density at radius 1 is 1.42 bits per heavy atom. The highest BCUT2D eigenvalue weighted by Crippen LogP contribution is 2.25. The molecule has 0 aliphatic carbocycles. The number of halogens is 1. The first-order valence-electron chi connectivity index (χ1n) is 8.81. The van der Waals surface area contributed by atoms with Gasteiger partial charge in [-0.3, -0.25) is 4.79 Å².